The van der Waals surface area contributed by atoms with Gasteiger partial charge in [-0.2, -0.15) is 8.42 Å². The molecule has 0 aliphatic rings. The van der Waals surface area contributed by atoms with Crippen molar-refractivity contribution in [2.24, 2.45) is 0 Å². The zero-order chi connectivity index (χ0) is 28.2. The summed E-state index contributed by atoms with van der Waals surface area (Å²) in [4.78, 5) is 0.143. The molecule has 1 aromatic carbocycles. The maximum absolute atomic E-state index is 11.9. The predicted octanol–water partition coefficient (Wildman–Crippen LogP) is 1.07. The third kappa shape index (κ3) is 23.9. The van der Waals surface area contributed by atoms with Gasteiger partial charge >= 0.3 is 0 Å². The minimum absolute atomic E-state index is 0.0314. The van der Waals surface area contributed by atoms with Gasteiger partial charge in [0.2, 0.25) is 0 Å². The van der Waals surface area contributed by atoms with Crippen molar-refractivity contribution >= 4 is 10.1 Å². The molecule has 0 aliphatic heterocycles. The van der Waals surface area contributed by atoms with Gasteiger partial charge in [-0.3, -0.25) is 4.18 Å². The number of aliphatic hydroxyl groups is 1. The van der Waals surface area contributed by atoms with Gasteiger partial charge in [-0.05, 0) is 19.1 Å². The van der Waals surface area contributed by atoms with Crippen LogP contribution < -0.4 is 0 Å². The Morgan fingerprint density at radius 1 is 0.553 bits per heavy atom. The maximum Gasteiger partial charge on any atom is 0.297 e. The molecule has 1 N–H and O–H groups in total. The van der Waals surface area contributed by atoms with Crippen molar-refractivity contribution in [2.45, 2.75) is 11.8 Å². The average molecular weight is 571 g/mol. The number of methoxy groups -OCH3 is 2. The number of aliphatic hydroxyl groups excluding tert-OH is 1. The summed E-state index contributed by atoms with van der Waals surface area (Å²) in [5, 5.41) is 8.39. The van der Waals surface area contributed by atoms with Gasteiger partial charge in [0, 0.05) is 14.2 Å². The standard InChI is InChI=1S/C16H26O7S.C9H20O5/c1-15-3-5-16(6-4-15)24(17,18)23-14-13-22-12-11-21-10-9-20-8-7-19-2;1-11-4-5-13-8-9-14-7-6-12-3-2-10/h3-6H,7-14H2,1-2H3;10H,2-9H2,1H3. The number of hydrogen-bond acceptors (Lipinski definition) is 12. The van der Waals surface area contributed by atoms with E-state index in [4.69, 9.17) is 47.2 Å². The lowest BCUT2D eigenvalue weighted by Crippen LogP contribution is -2.14. The van der Waals surface area contributed by atoms with Crippen molar-refractivity contribution in [3.05, 3.63) is 29.8 Å². The SMILES string of the molecule is COCCOCCOCCOCCO.COCCOCCOCCOCCOS(=O)(=O)c1ccc(C)cc1. The summed E-state index contributed by atoms with van der Waals surface area (Å²) in [5.74, 6) is 0. The molecular weight excluding hydrogens is 524 g/mol. The second-order valence-corrected chi connectivity index (χ2v) is 9.09. The molecule has 0 unspecified atom stereocenters. The largest absolute Gasteiger partial charge is 0.394 e. The zero-order valence-electron chi connectivity index (χ0n) is 23.0. The summed E-state index contributed by atoms with van der Waals surface area (Å²) in [6.45, 7) is 8.72. The Morgan fingerprint density at radius 3 is 1.26 bits per heavy atom. The van der Waals surface area contributed by atoms with Crippen molar-refractivity contribution in [3.8, 4) is 0 Å². The van der Waals surface area contributed by atoms with E-state index in [0.29, 0.717) is 85.9 Å². The summed E-state index contributed by atoms with van der Waals surface area (Å²) < 4.78 is 69.5. The van der Waals surface area contributed by atoms with Gasteiger partial charge in [-0.1, -0.05) is 17.7 Å². The van der Waals surface area contributed by atoms with Crippen LogP contribution >= 0.6 is 0 Å². The molecule has 0 saturated heterocycles. The van der Waals surface area contributed by atoms with Crippen LogP contribution in [0.2, 0.25) is 0 Å². The molecule has 1 aromatic rings. The molecular formula is C25H46O12S. The molecule has 0 atom stereocenters. The highest BCUT2D eigenvalue weighted by molar-refractivity contribution is 7.86. The quantitative estimate of drug-likeness (QED) is 0.133. The van der Waals surface area contributed by atoms with E-state index in [1.54, 1.807) is 26.4 Å². The highest BCUT2D eigenvalue weighted by Crippen LogP contribution is 2.12. The van der Waals surface area contributed by atoms with Gasteiger partial charge < -0.3 is 43.0 Å². The van der Waals surface area contributed by atoms with Crippen molar-refractivity contribution in [2.75, 3.05) is 120 Å². The Bertz CT molecular complexity index is 704. The first kappa shape index (κ1) is 36.8. The smallest absolute Gasteiger partial charge is 0.297 e. The molecule has 0 aromatic heterocycles. The molecule has 0 amide bonds. The van der Waals surface area contributed by atoms with E-state index in [-0.39, 0.29) is 24.7 Å². The Hall–Kier alpha value is -1.23. The molecule has 38 heavy (non-hydrogen) atoms. The fourth-order valence-electron chi connectivity index (χ4n) is 2.41. The minimum Gasteiger partial charge on any atom is -0.394 e. The van der Waals surface area contributed by atoms with Crippen molar-refractivity contribution in [3.63, 3.8) is 0 Å². The molecule has 0 radical (unpaired) electrons. The molecule has 0 bridgehead atoms. The maximum atomic E-state index is 11.9. The number of aryl methyl sites for hydroxylation is 1. The number of hydrogen-bond donors (Lipinski definition) is 1. The van der Waals surface area contributed by atoms with E-state index in [1.165, 1.54) is 12.1 Å². The number of ether oxygens (including phenoxy) is 8. The van der Waals surface area contributed by atoms with E-state index in [0.717, 1.165) is 5.56 Å². The third-order valence-electron chi connectivity index (χ3n) is 4.36. The van der Waals surface area contributed by atoms with Gasteiger partial charge in [-0.25, -0.2) is 0 Å². The first-order chi connectivity index (χ1) is 18.5. The molecule has 0 spiro atoms. The fraction of sp³-hybridized carbons (Fsp3) is 0.760. The Morgan fingerprint density at radius 2 is 0.895 bits per heavy atom. The summed E-state index contributed by atoms with van der Waals surface area (Å²) in [5.41, 5.74) is 0.987. The van der Waals surface area contributed by atoms with E-state index >= 15 is 0 Å². The normalized spacial score (nSPS) is 11.4. The van der Waals surface area contributed by atoms with Crippen LogP contribution in [-0.2, 0) is 52.2 Å². The predicted molar refractivity (Wildman–Crippen MR) is 140 cm³/mol. The number of benzene rings is 1. The van der Waals surface area contributed by atoms with Gasteiger partial charge in [0.1, 0.15) is 0 Å². The fourth-order valence-corrected chi connectivity index (χ4v) is 3.30. The Balaban J connectivity index is 0.000000835. The molecule has 0 aliphatic carbocycles. The molecule has 12 nitrogen and oxygen atoms in total. The first-order valence-corrected chi connectivity index (χ1v) is 13.9. The van der Waals surface area contributed by atoms with Gasteiger partial charge in [0.15, 0.2) is 0 Å². The molecule has 224 valence electrons. The summed E-state index contributed by atoms with van der Waals surface area (Å²) >= 11 is 0. The second-order valence-electron chi connectivity index (χ2n) is 7.47. The highest BCUT2D eigenvalue weighted by atomic mass is 32.2. The molecule has 0 heterocycles. The van der Waals surface area contributed by atoms with E-state index < -0.39 is 10.1 Å². The van der Waals surface area contributed by atoms with Crippen LogP contribution in [0.25, 0.3) is 0 Å². The van der Waals surface area contributed by atoms with Crippen molar-refractivity contribution in [1.29, 1.82) is 0 Å². The highest BCUT2D eigenvalue weighted by Gasteiger charge is 2.14. The second kappa shape index (κ2) is 27.3. The Kier molecular flexibility index (Phi) is 26.5. The molecule has 13 heteroatoms. The van der Waals surface area contributed by atoms with Gasteiger partial charge in [-0.15, -0.1) is 0 Å². The lowest BCUT2D eigenvalue weighted by atomic mass is 10.2. The monoisotopic (exact) mass is 570 g/mol. The zero-order valence-corrected chi connectivity index (χ0v) is 23.8. The Labute approximate surface area is 227 Å². The summed E-state index contributed by atoms with van der Waals surface area (Å²) in [6, 6.07) is 6.49. The topological polar surface area (TPSA) is 137 Å². The minimum atomic E-state index is -3.73. The van der Waals surface area contributed by atoms with Crippen molar-refractivity contribution < 1.29 is 55.6 Å². The average Bonchev–Trinajstić information content (AvgIpc) is 2.91. The lowest BCUT2D eigenvalue weighted by molar-refractivity contribution is -0.000973. The van der Waals surface area contributed by atoms with E-state index in [1.807, 2.05) is 6.92 Å². The molecule has 0 saturated carbocycles. The van der Waals surface area contributed by atoms with Crippen LogP contribution in [0.5, 0.6) is 0 Å². The summed E-state index contributed by atoms with van der Waals surface area (Å²) in [6.07, 6.45) is 0. The van der Waals surface area contributed by atoms with Crippen LogP contribution in [-0.4, -0.2) is 133 Å². The van der Waals surface area contributed by atoms with E-state index in [2.05, 4.69) is 0 Å². The van der Waals surface area contributed by atoms with Crippen molar-refractivity contribution in [1.82, 2.24) is 0 Å². The lowest BCUT2D eigenvalue weighted by Gasteiger charge is -2.08. The summed E-state index contributed by atoms with van der Waals surface area (Å²) in [7, 11) is -0.472. The van der Waals surface area contributed by atoms with Crippen LogP contribution in [0.15, 0.2) is 29.2 Å². The van der Waals surface area contributed by atoms with Gasteiger partial charge in [0.05, 0.1) is 111 Å². The van der Waals surface area contributed by atoms with Crippen LogP contribution in [0.4, 0.5) is 0 Å². The van der Waals surface area contributed by atoms with Crippen LogP contribution in [0, 0.1) is 6.92 Å². The molecule has 0 fully saturated rings. The number of rotatable bonds is 25. The van der Waals surface area contributed by atoms with Crippen LogP contribution in [0.3, 0.4) is 0 Å². The van der Waals surface area contributed by atoms with Gasteiger partial charge in [0.25, 0.3) is 10.1 Å². The molecule has 1 rings (SSSR count). The first-order valence-electron chi connectivity index (χ1n) is 12.5. The third-order valence-corrected chi connectivity index (χ3v) is 5.69. The van der Waals surface area contributed by atoms with E-state index in [9.17, 15) is 8.42 Å². The van der Waals surface area contributed by atoms with Crippen LogP contribution in [0.1, 0.15) is 5.56 Å².